The van der Waals surface area contributed by atoms with Gasteiger partial charge in [-0.05, 0) is 166 Å². The molecular weight excluding hydrogens is 1110 g/mol. The Morgan fingerprint density at radius 2 is 1.27 bits per heavy atom. The molecule has 21 nitrogen and oxygen atoms in total. The van der Waals surface area contributed by atoms with Gasteiger partial charge >= 0.3 is 18.4 Å². The van der Waals surface area contributed by atoms with Crippen molar-refractivity contribution in [3.8, 4) is 33.8 Å². The number of amides is 6. The average Bonchev–Trinajstić information content (AvgIpc) is 3.55. The van der Waals surface area contributed by atoms with Crippen LogP contribution < -0.4 is 36.1 Å². The molecule has 1 heterocycles. The molecule has 1 aliphatic heterocycles. The van der Waals surface area contributed by atoms with E-state index in [1.807, 2.05) is 12.1 Å². The zero-order valence-corrected chi connectivity index (χ0v) is 50.6. The summed E-state index contributed by atoms with van der Waals surface area (Å²) < 4.78 is 52.0. The molecule has 5 rings (SSSR count). The molecule has 0 aliphatic carbocycles. The van der Waals surface area contributed by atoms with Gasteiger partial charge in [-0.3, -0.25) is 24.0 Å². The summed E-state index contributed by atoms with van der Waals surface area (Å²) in [6, 6.07) is 15.8. The van der Waals surface area contributed by atoms with Gasteiger partial charge in [0.25, 0.3) is 5.91 Å². The molecule has 0 radical (unpaired) electrons. The number of unbranched alkanes of at least 4 members (excludes halogenated alkanes) is 1. The molecule has 5 atom stereocenters. The van der Waals surface area contributed by atoms with Gasteiger partial charge in [0.05, 0.1) is 0 Å². The van der Waals surface area contributed by atoms with E-state index in [1.165, 1.54) is 63.4 Å². The summed E-state index contributed by atoms with van der Waals surface area (Å²) in [6.07, 6.45) is -0.321. The minimum absolute atomic E-state index is 0.000885. The van der Waals surface area contributed by atoms with Crippen molar-refractivity contribution in [3.63, 3.8) is 0 Å². The number of carbonyl (C=O) groups is 8. The number of hydrogen-bond acceptors (Lipinski definition) is 15. The van der Waals surface area contributed by atoms with Crippen LogP contribution in [0.25, 0.3) is 22.3 Å². The van der Waals surface area contributed by atoms with Crippen molar-refractivity contribution in [1.29, 1.82) is 0 Å². The van der Waals surface area contributed by atoms with Crippen molar-refractivity contribution < 1.29 is 70.5 Å². The van der Waals surface area contributed by atoms with E-state index in [4.69, 9.17) is 35.3 Å². The maximum atomic E-state index is 15.3. The lowest BCUT2D eigenvalue weighted by molar-refractivity contribution is -0.141. The van der Waals surface area contributed by atoms with Crippen LogP contribution in [0.1, 0.15) is 123 Å². The fraction of sp³-hybridized carbons (Fsp3) is 0.433. The maximum absolute atomic E-state index is 15.3. The number of benzene rings is 4. The number of hydrogen-bond donors (Lipinski definition) is 5. The quantitative estimate of drug-likeness (QED) is 0.0303. The van der Waals surface area contributed by atoms with Crippen LogP contribution in [0.4, 0.5) is 14.4 Å². The lowest BCUT2D eigenvalue weighted by Gasteiger charge is -2.33. The molecule has 0 saturated carbocycles. The summed E-state index contributed by atoms with van der Waals surface area (Å²) >= 11 is 6.11. The molecule has 0 aromatic heterocycles. The summed E-state index contributed by atoms with van der Waals surface area (Å²) in [5, 5.41) is 15.1. The largest absolute Gasteiger partial charge is 0.514 e. The Labute approximate surface area is 489 Å². The van der Waals surface area contributed by atoms with Crippen LogP contribution in [0.3, 0.4) is 0 Å². The molecule has 23 heteroatoms. The van der Waals surface area contributed by atoms with Gasteiger partial charge in [-0.1, -0.05) is 54.1 Å². The van der Waals surface area contributed by atoms with Gasteiger partial charge in [-0.2, -0.15) is 0 Å². The third-order valence-corrected chi connectivity index (χ3v) is 13.0. The fourth-order valence-electron chi connectivity index (χ4n) is 8.33. The van der Waals surface area contributed by atoms with E-state index in [2.05, 4.69) is 26.6 Å². The van der Waals surface area contributed by atoms with E-state index < -0.39 is 105 Å². The van der Waals surface area contributed by atoms with Crippen LogP contribution >= 0.6 is 11.6 Å². The normalized spacial score (nSPS) is 16.6. The molecule has 4 aromatic carbocycles. The van der Waals surface area contributed by atoms with E-state index in [0.717, 1.165) is 27.7 Å². The van der Waals surface area contributed by atoms with Gasteiger partial charge < -0.3 is 55.2 Å². The second-order valence-corrected chi connectivity index (χ2v) is 25.4. The Balaban J connectivity index is 1.67. The van der Waals surface area contributed by atoms with E-state index >= 15 is 9.59 Å². The number of halogens is 1. The van der Waals surface area contributed by atoms with Gasteiger partial charge in [-0.25, -0.2) is 22.8 Å². The van der Waals surface area contributed by atoms with Gasteiger partial charge in [0.2, 0.25) is 23.6 Å². The predicted molar refractivity (Wildman–Crippen MR) is 312 cm³/mol. The molecule has 448 valence electrons. The Bertz CT molecular complexity index is 3180. The molecule has 0 saturated heterocycles. The van der Waals surface area contributed by atoms with Crippen LogP contribution in [-0.4, -0.2) is 122 Å². The molecule has 0 unspecified atom stereocenters. The first-order valence-corrected chi connectivity index (χ1v) is 29.2. The van der Waals surface area contributed by atoms with Crippen molar-refractivity contribution in [2.75, 3.05) is 19.8 Å². The van der Waals surface area contributed by atoms with E-state index in [-0.39, 0.29) is 59.6 Å². The summed E-state index contributed by atoms with van der Waals surface area (Å²) in [5.74, 6) is -4.24. The molecule has 4 aromatic rings. The Hall–Kier alpha value is -7.98. The Morgan fingerprint density at radius 1 is 0.723 bits per heavy atom. The van der Waals surface area contributed by atoms with Crippen LogP contribution in [0, 0.1) is 0 Å². The molecule has 83 heavy (non-hydrogen) atoms. The number of sulfone groups is 1. The number of ether oxygens (including phenoxy) is 5. The lowest BCUT2D eigenvalue weighted by atomic mass is 9.93. The lowest BCUT2D eigenvalue weighted by Crippen LogP contribution is -2.56. The van der Waals surface area contributed by atoms with E-state index in [1.54, 1.807) is 98.7 Å². The predicted octanol–water partition coefficient (Wildman–Crippen LogP) is 8.90. The number of nitrogens with zero attached hydrogens (tertiary/aromatic N) is 1. The van der Waals surface area contributed by atoms with Gasteiger partial charge in [-0.15, -0.1) is 0 Å². The van der Waals surface area contributed by atoms with Gasteiger partial charge in [0, 0.05) is 59.4 Å². The van der Waals surface area contributed by atoms with Crippen LogP contribution in [0.15, 0.2) is 96.4 Å². The second kappa shape index (κ2) is 27.9. The zero-order valence-electron chi connectivity index (χ0n) is 49.0. The molecule has 1 aliphatic rings. The molecular formula is C60H75ClN6O15S. The smallest absolute Gasteiger partial charge is 0.444 e. The third kappa shape index (κ3) is 21.1. The molecule has 5 N–H and O–H groups in total. The first-order valence-electron chi connectivity index (χ1n) is 26.8. The second-order valence-electron chi connectivity index (χ2n) is 23.1. The van der Waals surface area contributed by atoms with Crippen molar-refractivity contribution in [2.45, 2.75) is 149 Å². The minimum atomic E-state index is -3.59. The monoisotopic (exact) mass is 1190 g/mol. The highest BCUT2D eigenvalue weighted by atomic mass is 35.5. The number of alkyl carbamates (subject to hydrolysis) is 1. The van der Waals surface area contributed by atoms with Crippen molar-refractivity contribution >= 4 is 69.4 Å². The topological polar surface area (TPSA) is 280 Å². The first kappa shape index (κ1) is 65.8. The molecule has 4 bridgehead atoms. The van der Waals surface area contributed by atoms with Crippen molar-refractivity contribution in [3.05, 3.63) is 118 Å². The fourth-order valence-corrected chi connectivity index (χ4v) is 8.98. The summed E-state index contributed by atoms with van der Waals surface area (Å²) in [5.41, 5.74) is -0.510. The van der Waals surface area contributed by atoms with E-state index in [0.29, 0.717) is 17.0 Å². The SMILES string of the molecule is C[C@@H]1NC(=O)[C@@H](N(C)C(=O)[C@H](CCCCNC(=O)OC(C)(C)C)NC(=O)c2ccc(-c3ccc(Cl)cc3)cc2)c2ccc(OC(=O)OC(C)(C)C)c(c2)-c2cc(ccc2OC(=O)OC(C)(C)C)C[C@@H](C(=O)N[C@@H](C)/C=C/S(C)(=O)=O)NC1=O. The number of nitrogens with one attached hydrogen (secondary N) is 5. The van der Waals surface area contributed by atoms with Crippen molar-refractivity contribution in [2.24, 2.45) is 0 Å². The number of rotatable bonds is 16. The molecule has 0 fully saturated rings. The van der Waals surface area contributed by atoms with Gasteiger partial charge in [0.15, 0.2) is 9.84 Å². The van der Waals surface area contributed by atoms with Crippen LogP contribution in [0.2, 0.25) is 5.02 Å². The van der Waals surface area contributed by atoms with Crippen molar-refractivity contribution in [1.82, 2.24) is 31.5 Å². The number of likely N-dealkylation sites (N-methyl/N-ethyl adjacent to an activating group) is 1. The molecule has 0 spiro atoms. The Kier molecular flexibility index (Phi) is 22.1. The van der Waals surface area contributed by atoms with Crippen LogP contribution in [0.5, 0.6) is 11.5 Å². The standard InChI is InChI=1S/C60H75ClN6O15S/c1-35(29-31-83(13,76)77)63-52(70)46-33-37-17-27-47(78-56(74)81-59(6,7)8)43(32-37)44-34-41(24-28-48(44)79-57(75)82-60(9,10)11)49(53(71)64-36(2)50(68)66-46)67(12)54(72)45(16-14-15-30-62-55(73)80-58(3,4)5)65-51(69)40-20-18-38(19-21-40)39-22-25-42(61)26-23-39/h17-29,31-32,34-36,45-46,49H,14-16,30,33H2,1-13H3,(H,62,73)(H,63,70)(H,64,71)(H,65,69)(H,66,68)/b31-29+/t35-,36-,45-,46-,49-/m0/s1. The maximum Gasteiger partial charge on any atom is 0.514 e. The number of fused-ring (bicyclic) bond motifs is 5. The van der Waals surface area contributed by atoms with E-state index in [9.17, 15) is 37.2 Å². The summed E-state index contributed by atoms with van der Waals surface area (Å²) in [6.45, 7) is 18.0. The van der Waals surface area contributed by atoms with Crippen LogP contribution in [-0.2, 0) is 49.6 Å². The highest BCUT2D eigenvalue weighted by Gasteiger charge is 2.37. The highest BCUT2D eigenvalue weighted by molar-refractivity contribution is 7.93. The average molecular weight is 1190 g/mol. The Morgan fingerprint density at radius 3 is 1.82 bits per heavy atom. The first-order chi connectivity index (χ1) is 38.5. The minimum Gasteiger partial charge on any atom is -0.444 e. The number of carbonyl (C=O) groups excluding carboxylic acids is 8. The molecule has 6 amide bonds. The summed E-state index contributed by atoms with van der Waals surface area (Å²) in [7, 11) is -2.26. The highest BCUT2D eigenvalue weighted by Crippen LogP contribution is 2.41. The third-order valence-electron chi connectivity index (χ3n) is 12.1. The van der Waals surface area contributed by atoms with Gasteiger partial charge in [0.1, 0.15) is 52.5 Å². The summed E-state index contributed by atoms with van der Waals surface area (Å²) in [4.78, 5) is 113. The zero-order chi connectivity index (χ0) is 61.8.